The van der Waals surface area contributed by atoms with Crippen LogP contribution in [0.5, 0.6) is 11.7 Å². The standard InChI is InChI=1S/C20H21N3O4S/c1-12-9-13(2)11-15(10-12)21-18(24)14(3)28-19-20(25)27-22-23(19)16-5-7-17(26-4)8-6-16/h5-11,14H,1-4H3,(H-,21,22,24,25). The van der Waals surface area contributed by atoms with Gasteiger partial charge in [-0.15, -0.1) is 0 Å². The van der Waals surface area contributed by atoms with E-state index in [1.807, 2.05) is 32.0 Å². The SMILES string of the molecule is COc1ccc(-[n+]2noc([O-])c2SC(C)C(=O)Nc2cc(C)cc(C)c2)cc1. The zero-order chi connectivity index (χ0) is 20.3. The van der Waals surface area contributed by atoms with Gasteiger partial charge in [-0.2, -0.15) is 0 Å². The largest absolute Gasteiger partial charge is 0.538 e. The molecule has 0 radical (unpaired) electrons. The number of carbonyl (C=O) groups is 1. The van der Waals surface area contributed by atoms with Crippen molar-refractivity contribution in [2.75, 3.05) is 12.4 Å². The number of ether oxygens (including phenoxy) is 1. The molecule has 0 aliphatic heterocycles. The number of aryl methyl sites for hydroxylation is 2. The van der Waals surface area contributed by atoms with Gasteiger partial charge in [0.25, 0.3) is 5.03 Å². The molecule has 7 nitrogen and oxygen atoms in total. The summed E-state index contributed by atoms with van der Waals surface area (Å²) >= 11 is 1.09. The molecule has 0 spiro atoms. The molecule has 0 saturated heterocycles. The number of amides is 1. The first kappa shape index (κ1) is 19.8. The summed E-state index contributed by atoms with van der Waals surface area (Å²) < 4.78 is 11.3. The topological polar surface area (TPSA) is 91.3 Å². The fourth-order valence-corrected chi connectivity index (χ4v) is 3.61. The molecule has 3 rings (SSSR count). The highest BCUT2D eigenvalue weighted by Gasteiger charge is 2.26. The molecule has 146 valence electrons. The molecule has 1 N–H and O–H groups in total. The number of aromatic nitrogens is 2. The molecule has 1 unspecified atom stereocenters. The second-order valence-electron chi connectivity index (χ2n) is 6.40. The Morgan fingerprint density at radius 1 is 1.21 bits per heavy atom. The zero-order valence-electron chi connectivity index (χ0n) is 16.1. The van der Waals surface area contributed by atoms with E-state index in [0.717, 1.165) is 28.6 Å². The van der Waals surface area contributed by atoms with E-state index >= 15 is 0 Å². The third-order valence-corrected chi connectivity index (χ3v) is 5.17. The van der Waals surface area contributed by atoms with Crippen molar-refractivity contribution in [2.24, 2.45) is 0 Å². The van der Waals surface area contributed by atoms with Crippen molar-refractivity contribution in [3.8, 4) is 17.4 Å². The average molecular weight is 399 g/mol. The Hall–Kier alpha value is -3.00. The van der Waals surface area contributed by atoms with Gasteiger partial charge in [0, 0.05) is 17.8 Å². The van der Waals surface area contributed by atoms with Gasteiger partial charge in [-0.25, -0.2) is 0 Å². The lowest BCUT2D eigenvalue weighted by molar-refractivity contribution is -0.705. The Kier molecular flexibility index (Phi) is 5.89. The molecule has 8 heteroatoms. The van der Waals surface area contributed by atoms with Gasteiger partial charge in [-0.1, -0.05) is 6.07 Å². The van der Waals surface area contributed by atoms with Gasteiger partial charge in [0.1, 0.15) is 5.75 Å². The van der Waals surface area contributed by atoms with Crippen molar-refractivity contribution in [1.82, 2.24) is 5.27 Å². The molecular weight excluding hydrogens is 378 g/mol. The van der Waals surface area contributed by atoms with E-state index in [4.69, 9.17) is 9.26 Å². The Bertz CT molecular complexity index is 965. The van der Waals surface area contributed by atoms with Crippen molar-refractivity contribution >= 4 is 23.4 Å². The summed E-state index contributed by atoms with van der Waals surface area (Å²) in [6.07, 6.45) is 0. The maximum atomic E-state index is 12.6. The number of nitrogens with one attached hydrogen (secondary N) is 1. The van der Waals surface area contributed by atoms with E-state index in [1.54, 1.807) is 38.3 Å². The molecule has 1 aromatic heterocycles. The molecule has 0 fully saturated rings. The molecule has 0 bridgehead atoms. The minimum atomic E-state index is -0.591. The Morgan fingerprint density at radius 2 is 1.86 bits per heavy atom. The highest BCUT2D eigenvalue weighted by atomic mass is 32.2. The van der Waals surface area contributed by atoms with Crippen LogP contribution in [0.25, 0.3) is 5.69 Å². The molecular formula is C20H21N3O4S. The molecule has 28 heavy (non-hydrogen) atoms. The summed E-state index contributed by atoms with van der Waals surface area (Å²) in [5, 5.41) is 18.5. The number of thioether (sulfide) groups is 1. The monoisotopic (exact) mass is 399 g/mol. The first-order valence-electron chi connectivity index (χ1n) is 8.66. The van der Waals surface area contributed by atoms with Crippen LogP contribution in [0.15, 0.2) is 52.0 Å². The van der Waals surface area contributed by atoms with Gasteiger partial charge < -0.3 is 19.7 Å². The fraction of sp³-hybridized carbons (Fsp3) is 0.250. The van der Waals surface area contributed by atoms with Crippen LogP contribution in [-0.2, 0) is 4.79 Å². The maximum absolute atomic E-state index is 12.6. The van der Waals surface area contributed by atoms with Crippen molar-refractivity contribution < 1.29 is 23.8 Å². The van der Waals surface area contributed by atoms with Crippen molar-refractivity contribution in [3.63, 3.8) is 0 Å². The summed E-state index contributed by atoms with van der Waals surface area (Å²) in [6, 6.07) is 12.9. The number of anilines is 1. The van der Waals surface area contributed by atoms with E-state index in [1.165, 1.54) is 4.68 Å². The van der Waals surface area contributed by atoms with E-state index in [9.17, 15) is 9.90 Å². The smallest absolute Gasteiger partial charge is 0.298 e. The number of carbonyl (C=O) groups excluding carboxylic acids is 1. The van der Waals surface area contributed by atoms with Crippen LogP contribution < -0.4 is 19.8 Å². The van der Waals surface area contributed by atoms with Crippen LogP contribution in [0.2, 0.25) is 0 Å². The Morgan fingerprint density at radius 3 is 2.46 bits per heavy atom. The molecule has 1 atom stereocenters. The van der Waals surface area contributed by atoms with Gasteiger partial charge in [-0.3, -0.25) is 4.79 Å². The molecule has 3 aromatic rings. The average Bonchev–Trinajstić information content (AvgIpc) is 3.01. The minimum absolute atomic E-state index is 0.211. The third kappa shape index (κ3) is 4.45. The van der Waals surface area contributed by atoms with Gasteiger partial charge in [-0.05, 0) is 72.6 Å². The summed E-state index contributed by atoms with van der Waals surface area (Å²) in [7, 11) is 1.57. The zero-order valence-corrected chi connectivity index (χ0v) is 16.9. The van der Waals surface area contributed by atoms with Crippen LogP contribution >= 0.6 is 11.8 Å². The molecule has 2 aromatic carbocycles. The molecule has 0 aliphatic carbocycles. The summed E-state index contributed by atoms with van der Waals surface area (Å²) in [5.41, 5.74) is 3.49. The lowest BCUT2D eigenvalue weighted by atomic mass is 10.1. The Balaban J connectivity index is 1.77. The van der Waals surface area contributed by atoms with Gasteiger partial charge >= 0.3 is 0 Å². The van der Waals surface area contributed by atoms with E-state index in [-0.39, 0.29) is 10.9 Å². The number of hydrogen-bond donors (Lipinski definition) is 1. The quantitative estimate of drug-likeness (QED) is 0.506. The number of benzene rings is 2. The predicted molar refractivity (Wildman–Crippen MR) is 104 cm³/mol. The normalized spacial score (nSPS) is 11.9. The lowest BCUT2D eigenvalue weighted by Crippen LogP contribution is -2.36. The van der Waals surface area contributed by atoms with Gasteiger partial charge in [0.15, 0.2) is 5.95 Å². The number of hydrogen-bond acceptors (Lipinski definition) is 6. The fourth-order valence-electron chi connectivity index (χ4n) is 2.74. The summed E-state index contributed by atoms with van der Waals surface area (Å²) in [6.45, 7) is 5.67. The van der Waals surface area contributed by atoms with Crippen LogP contribution in [0.3, 0.4) is 0 Å². The van der Waals surface area contributed by atoms with Crippen LogP contribution in [0, 0.1) is 13.8 Å². The Labute approximate surface area is 167 Å². The molecule has 1 heterocycles. The first-order valence-corrected chi connectivity index (χ1v) is 9.54. The van der Waals surface area contributed by atoms with Crippen LogP contribution in [-0.4, -0.2) is 23.5 Å². The van der Waals surface area contributed by atoms with Crippen molar-refractivity contribution in [1.29, 1.82) is 0 Å². The van der Waals surface area contributed by atoms with Crippen LogP contribution in [0.4, 0.5) is 5.69 Å². The second kappa shape index (κ2) is 8.35. The third-order valence-electron chi connectivity index (χ3n) is 4.04. The van der Waals surface area contributed by atoms with Crippen molar-refractivity contribution in [3.05, 3.63) is 53.6 Å². The lowest BCUT2D eigenvalue weighted by Gasteiger charge is -2.11. The number of nitrogens with zero attached hydrogens (tertiary/aromatic N) is 2. The van der Waals surface area contributed by atoms with Crippen molar-refractivity contribution in [2.45, 2.75) is 31.0 Å². The van der Waals surface area contributed by atoms with Gasteiger partial charge in [0.2, 0.25) is 11.6 Å². The second-order valence-corrected chi connectivity index (χ2v) is 7.73. The molecule has 1 amide bonds. The van der Waals surface area contributed by atoms with Gasteiger partial charge in [0.05, 0.1) is 17.6 Å². The van der Waals surface area contributed by atoms with E-state index in [0.29, 0.717) is 11.4 Å². The first-order chi connectivity index (χ1) is 13.4. The summed E-state index contributed by atoms with van der Waals surface area (Å²) in [5.74, 6) is -0.116. The minimum Gasteiger partial charge on any atom is -0.538 e. The number of rotatable bonds is 6. The predicted octanol–water partition coefficient (Wildman–Crippen LogP) is 2.77. The highest BCUT2D eigenvalue weighted by molar-refractivity contribution is 8.00. The molecule has 0 aliphatic rings. The maximum Gasteiger partial charge on any atom is 0.298 e. The molecule has 0 saturated carbocycles. The van der Waals surface area contributed by atoms with Crippen LogP contribution in [0.1, 0.15) is 18.1 Å². The number of methoxy groups -OCH3 is 1. The highest BCUT2D eigenvalue weighted by Crippen LogP contribution is 2.28. The van der Waals surface area contributed by atoms with E-state index in [2.05, 4.69) is 10.6 Å². The summed E-state index contributed by atoms with van der Waals surface area (Å²) in [4.78, 5) is 12.6. The van der Waals surface area contributed by atoms with E-state index < -0.39 is 11.2 Å².